The summed E-state index contributed by atoms with van der Waals surface area (Å²) in [6.07, 6.45) is 0.745. The molecule has 5 nitrogen and oxygen atoms in total. The summed E-state index contributed by atoms with van der Waals surface area (Å²) in [4.78, 5) is 12.0. The Labute approximate surface area is 132 Å². The average Bonchev–Trinajstić information content (AvgIpc) is 2.73. The number of carbonyl (C=O) groups is 1. The fraction of sp³-hybridized carbons (Fsp3) is 0.286. The number of nitrogens with one attached hydrogen (secondary N) is 1. The van der Waals surface area contributed by atoms with Gasteiger partial charge in [-0.2, -0.15) is 5.10 Å². The lowest BCUT2D eigenvalue weighted by Crippen LogP contribution is -2.28. The van der Waals surface area contributed by atoms with Gasteiger partial charge in [0.2, 0.25) is 0 Å². The maximum atomic E-state index is 12.0. The maximum absolute atomic E-state index is 12.0. The lowest BCUT2D eigenvalue weighted by Gasteiger charge is -2.13. The highest BCUT2D eigenvalue weighted by Crippen LogP contribution is 2.23. The number of hydrogen-bond acceptors (Lipinski definition) is 3. The van der Waals surface area contributed by atoms with E-state index >= 15 is 0 Å². The van der Waals surface area contributed by atoms with E-state index in [1.807, 2.05) is 0 Å². The molecule has 1 unspecified atom stereocenters. The Morgan fingerprint density at radius 3 is 2.52 bits per heavy atom. The van der Waals surface area contributed by atoms with E-state index < -0.39 is 6.10 Å². The van der Waals surface area contributed by atoms with Crippen LogP contribution in [0.1, 0.15) is 27.7 Å². The van der Waals surface area contributed by atoms with Crippen LogP contribution in [-0.2, 0) is 7.05 Å². The number of aliphatic hydroxyl groups is 1. The number of carbonyl (C=O) groups excluding carboxylic acids is 1. The number of aliphatic hydroxyl groups excluding tert-OH is 1. The van der Waals surface area contributed by atoms with E-state index in [9.17, 15) is 9.90 Å². The molecule has 7 heteroatoms. The van der Waals surface area contributed by atoms with E-state index in [1.54, 1.807) is 43.0 Å². The normalized spacial score (nSPS) is 12.2. The minimum Gasteiger partial charge on any atom is -0.387 e. The van der Waals surface area contributed by atoms with Crippen LogP contribution < -0.4 is 5.32 Å². The molecule has 0 fully saturated rings. The standard InChI is InChI=1S/C14H15Cl2N3O2/c1-8-12(7-19(2)18-8)14(21)17-6-13(20)9-3-10(15)5-11(16)4-9/h3-5,7,13,20H,6H2,1-2H3,(H,17,21). The van der Waals surface area contributed by atoms with Crippen molar-refractivity contribution >= 4 is 29.1 Å². The predicted octanol–water partition coefficient (Wildman–Crippen LogP) is 2.50. The molecule has 0 saturated carbocycles. The zero-order chi connectivity index (χ0) is 15.6. The first-order valence-corrected chi connectivity index (χ1v) is 7.05. The monoisotopic (exact) mass is 327 g/mol. The molecule has 0 bridgehead atoms. The average molecular weight is 328 g/mol. The van der Waals surface area contributed by atoms with Gasteiger partial charge >= 0.3 is 0 Å². The molecule has 1 aromatic carbocycles. The molecule has 0 aliphatic heterocycles. The molecule has 1 heterocycles. The number of aromatic nitrogens is 2. The predicted molar refractivity (Wildman–Crippen MR) is 81.7 cm³/mol. The van der Waals surface area contributed by atoms with Crippen LogP contribution in [0.15, 0.2) is 24.4 Å². The van der Waals surface area contributed by atoms with Gasteiger partial charge < -0.3 is 10.4 Å². The van der Waals surface area contributed by atoms with Gasteiger partial charge in [-0.3, -0.25) is 9.48 Å². The Hall–Kier alpha value is -1.56. The molecule has 21 heavy (non-hydrogen) atoms. The first-order valence-electron chi connectivity index (χ1n) is 6.29. The topological polar surface area (TPSA) is 67.2 Å². The largest absolute Gasteiger partial charge is 0.387 e. The van der Waals surface area contributed by atoms with Crippen LogP contribution in [0.2, 0.25) is 10.0 Å². The molecule has 0 saturated heterocycles. The zero-order valence-corrected chi connectivity index (χ0v) is 13.1. The van der Waals surface area contributed by atoms with Crippen LogP contribution in [0.25, 0.3) is 0 Å². The van der Waals surface area contributed by atoms with Crippen molar-refractivity contribution in [2.45, 2.75) is 13.0 Å². The lowest BCUT2D eigenvalue weighted by molar-refractivity contribution is 0.0915. The van der Waals surface area contributed by atoms with Crippen molar-refractivity contribution in [3.05, 3.63) is 51.3 Å². The van der Waals surface area contributed by atoms with Crippen molar-refractivity contribution < 1.29 is 9.90 Å². The molecular weight excluding hydrogens is 313 g/mol. The van der Waals surface area contributed by atoms with E-state index in [1.165, 1.54) is 0 Å². The maximum Gasteiger partial charge on any atom is 0.254 e. The van der Waals surface area contributed by atoms with Crippen molar-refractivity contribution in [2.75, 3.05) is 6.54 Å². The van der Waals surface area contributed by atoms with Gasteiger partial charge in [-0.1, -0.05) is 23.2 Å². The fourth-order valence-electron chi connectivity index (χ4n) is 1.99. The lowest BCUT2D eigenvalue weighted by atomic mass is 10.1. The summed E-state index contributed by atoms with van der Waals surface area (Å²) >= 11 is 11.8. The highest BCUT2D eigenvalue weighted by molar-refractivity contribution is 6.34. The summed E-state index contributed by atoms with van der Waals surface area (Å²) in [7, 11) is 1.74. The second-order valence-corrected chi connectivity index (χ2v) is 5.60. The van der Waals surface area contributed by atoms with Crippen molar-refractivity contribution in [1.82, 2.24) is 15.1 Å². The van der Waals surface area contributed by atoms with Crippen molar-refractivity contribution in [3.63, 3.8) is 0 Å². The van der Waals surface area contributed by atoms with Crippen molar-refractivity contribution in [2.24, 2.45) is 7.05 Å². The van der Waals surface area contributed by atoms with Crippen molar-refractivity contribution in [1.29, 1.82) is 0 Å². The summed E-state index contributed by atoms with van der Waals surface area (Å²) in [6, 6.07) is 4.80. The fourth-order valence-corrected chi connectivity index (χ4v) is 2.54. The van der Waals surface area contributed by atoms with Gasteiger partial charge in [-0.05, 0) is 30.7 Å². The molecule has 112 valence electrons. The first kappa shape index (κ1) is 15.8. The molecule has 1 atom stereocenters. The van der Waals surface area contributed by atoms with Crippen LogP contribution in [0.3, 0.4) is 0 Å². The third-order valence-electron chi connectivity index (χ3n) is 2.98. The minimum absolute atomic E-state index is 0.0594. The number of halogens is 2. The van der Waals surface area contributed by atoms with Crippen LogP contribution in [0.4, 0.5) is 0 Å². The molecular formula is C14H15Cl2N3O2. The summed E-state index contributed by atoms with van der Waals surface area (Å²) < 4.78 is 1.57. The number of rotatable bonds is 4. The van der Waals surface area contributed by atoms with E-state index in [0.29, 0.717) is 26.9 Å². The Morgan fingerprint density at radius 2 is 2.00 bits per heavy atom. The summed E-state index contributed by atoms with van der Waals surface area (Å²) in [5.41, 5.74) is 1.67. The van der Waals surface area contributed by atoms with Gasteiger partial charge in [0.1, 0.15) is 0 Å². The van der Waals surface area contributed by atoms with Gasteiger partial charge in [0.15, 0.2) is 0 Å². The molecule has 2 rings (SSSR count). The van der Waals surface area contributed by atoms with Gasteiger partial charge in [0.25, 0.3) is 5.91 Å². The van der Waals surface area contributed by atoms with Gasteiger partial charge in [0.05, 0.1) is 17.4 Å². The van der Waals surface area contributed by atoms with Gasteiger partial charge in [-0.15, -0.1) is 0 Å². The Kier molecular flexibility index (Phi) is 4.88. The number of hydrogen-bond donors (Lipinski definition) is 2. The van der Waals surface area contributed by atoms with E-state index in [0.717, 1.165) is 0 Å². The van der Waals surface area contributed by atoms with Crippen LogP contribution >= 0.6 is 23.2 Å². The van der Waals surface area contributed by atoms with Crippen LogP contribution in [0.5, 0.6) is 0 Å². The second kappa shape index (κ2) is 6.47. The molecule has 0 aliphatic rings. The van der Waals surface area contributed by atoms with E-state index in [2.05, 4.69) is 10.4 Å². The quantitative estimate of drug-likeness (QED) is 0.906. The number of amides is 1. The van der Waals surface area contributed by atoms with E-state index in [4.69, 9.17) is 23.2 Å². The molecule has 1 aromatic heterocycles. The number of nitrogens with zero attached hydrogens (tertiary/aromatic N) is 2. The summed E-state index contributed by atoms with van der Waals surface area (Å²) in [6.45, 7) is 1.81. The smallest absolute Gasteiger partial charge is 0.254 e. The summed E-state index contributed by atoms with van der Waals surface area (Å²) in [5.74, 6) is -0.284. The highest BCUT2D eigenvalue weighted by atomic mass is 35.5. The third-order valence-corrected chi connectivity index (χ3v) is 3.42. The highest BCUT2D eigenvalue weighted by Gasteiger charge is 2.15. The van der Waals surface area contributed by atoms with Crippen molar-refractivity contribution in [3.8, 4) is 0 Å². The van der Waals surface area contributed by atoms with Gasteiger partial charge in [-0.25, -0.2) is 0 Å². The Morgan fingerprint density at radius 1 is 1.38 bits per heavy atom. The minimum atomic E-state index is -0.887. The van der Waals surface area contributed by atoms with Crippen LogP contribution in [-0.4, -0.2) is 27.3 Å². The number of aryl methyl sites for hydroxylation is 2. The van der Waals surface area contributed by atoms with Crippen LogP contribution in [0, 0.1) is 6.92 Å². The molecule has 2 aromatic rings. The van der Waals surface area contributed by atoms with Gasteiger partial charge in [0, 0.05) is 29.8 Å². The first-order chi connectivity index (χ1) is 9.86. The zero-order valence-electron chi connectivity index (χ0n) is 11.6. The van der Waals surface area contributed by atoms with E-state index in [-0.39, 0.29) is 12.5 Å². The SMILES string of the molecule is Cc1nn(C)cc1C(=O)NCC(O)c1cc(Cl)cc(Cl)c1. The second-order valence-electron chi connectivity index (χ2n) is 4.73. The molecule has 2 N–H and O–H groups in total. The molecule has 0 spiro atoms. The molecule has 0 aliphatic carbocycles. The number of benzene rings is 1. The third kappa shape index (κ3) is 3.97. The summed E-state index contributed by atoms with van der Waals surface area (Å²) in [5, 5.41) is 17.7. The Bertz CT molecular complexity index is 650. The Balaban J connectivity index is 2.02. The molecule has 1 amide bonds. The molecule has 0 radical (unpaired) electrons.